The van der Waals surface area contributed by atoms with Crippen molar-refractivity contribution in [1.29, 1.82) is 0 Å². The maximum atomic E-state index is 11.3. The van der Waals surface area contributed by atoms with Crippen LogP contribution in [-0.2, 0) is 4.79 Å². The monoisotopic (exact) mass is 221 g/mol. The van der Waals surface area contributed by atoms with Crippen LogP contribution >= 0.6 is 0 Å². The van der Waals surface area contributed by atoms with E-state index >= 15 is 0 Å². The summed E-state index contributed by atoms with van der Waals surface area (Å²) in [6, 6.07) is 1.92. The normalized spacial score (nSPS) is 9.88. The highest BCUT2D eigenvalue weighted by molar-refractivity contribution is 5.76. The van der Waals surface area contributed by atoms with E-state index in [-0.39, 0.29) is 5.91 Å². The SMILES string of the molecule is CCCNC(=O)CCNc1ccncc1C. The number of hydrogen-bond acceptors (Lipinski definition) is 3. The first-order valence-electron chi connectivity index (χ1n) is 5.65. The van der Waals surface area contributed by atoms with Gasteiger partial charge in [0.05, 0.1) is 0 Å². The van der Waals surface area contributed by atoms with E-state index in [0.717, 1.165) is 24.2 Å². The van der Waals surface area contributed by atoms with E-state index in [0.29, 0.717) is 13.0 Å². The topological polar surface area (TPSA) is 54.0 Å². The molecule has 0 spiro atoms. The van der Waals surface area contributed by atoms with Crippen LogP contribution in [0.25, 0.3) is 0 Å². The van der Waals surface area contributed by atoms with Gasteiger partial charge in [0, 0.05) is 37.6 Å². The lowest BCUT2D eigenvalue weighted by molar-refractivity contribution is -0.120. The summed E-state index contributed by atoms with van der Waals surface area (Å²) < 4.78 is 0. The Morgan fingerprint density at radius 1 is 1.44 bits per heavy atom. The number of nitrogens with zero attached hydrogens (tertiary/aromatic N) is 1. The van der Waals surface area contributed by atoms with Gasteiger partial charge in [0.15, 0.2) is 0 Å². The van der Waals surface area contributed by atoms with Gasteiger partial charge < -0.3 is 10.6 Å². The van der Waals surface area contributed by atoms with Crippen molar-refractivity contribution >= 4 is 11.6 Å². The number of hydrogen-bond donors (Lipinski definition) is 2. The van der Waals surface area contributed by atoms with Crippen molar-refractivity contribution in [2.24, 2.45) is 0 Å². The molecule has 1 aromatic rings. The van der Waals surface area contributed by atoms with Crippen molar-refractivity contribution in [3.63, 3.8) is 0 Å². The second-order valence-corrected chi connectivity index (χ2v) is 3.72. The third-order valence-corrected chi connectivity index (χ3v) is 2.26. The molecule has 0 aliphatic rings. The third-order valence-electron chi connectivity index (χ3n) is 2.26. The summed E-state index contributed by atoms with van der Waals surface area (Å²) in [5.41, 5.74) is 2.13. The van der Waals surface area contributed by atoms with Crippen LogP contribution in [0.5, 0.6) is 0 Å². The van der Waals surface area contributed by atoms with E-state index in [4.69, 9.17) is 0 Å². The lowest BCUT2D eigenvalue weighted by Crippen LogP contribution is -2.25. The number of aromatic nitrogens is 1. The molecule has 0 fully saturated rings. The first-order chi connectivity index (χ1) is 7.74. The maximum absolute atomic E-state index is 11.3. The molecule has 88 valence electrons. The Morgan fingerprint density at radius 2 is 2.25 bits per heavy atom. The Balaban J connectivity index is 2.25. The molecule has 1 rings (SSSR count). The average Bonchev–Trinajstić information content (AvgIpc) is 2.29. The quantitative estimate of drug-likeness (QED) is 0.769. The molecule has 0 bridgehead atoms. The lowest BCUT2D eigenvalue weighted by atomic mass is 10.2. The van der Waals surface area contributed by atoms with E-state index in [1.807, 2.05) is 19.9 Å². The average molecular weight is 221 g/mol. The molecular formula is C12H19N3O. The van der Waals surface area contributed by atoms with Crippen LogP contribution in [0.15, 0.2) is 18.5 Å². The molecule has 1 aromatic heterocycles. The van der Waals surface area contributed by atoms with E-state index in [1.54, 1.807) is 12.4 Å². The fraction of sp³-hybridized carbons (Fsp3) is 0.500. The van der Waals surface area contributed by atoms with Crippen LogP contribution in [0, 0.1) is 6.92 Å². The van der Waals surface area contributed by atoms with Crippen LogP contribution in [0.3, 0.4) is 0 Å². The van der Waals surface area contributed by atoms with Crippen molar-refractivity contribution < 1.29 is 4.79 Å². The highest BCUT2D eigenvalue weighted by Gasteiger charge is 2.00. The van der Waals surface area contributed by atoms with Crippen molar-refractivity contribution in [2.75, 3.05) is 18.4 Å². The predicted molar refractivity (Wildman–Crippen MR) is 65.4 cm³/mol. The van der Waals surface area contributed by atoms with E-state index < -0.39 is 0 Å². The van der Waals surface area contributed by atoms with Gasteiger partial charge in [-0.1, -0.05) is 6.92 Å². The largest absolute Gasteiger partial charge is 0.384 e. The molecule has 16 heavy (non-hydrogen) atoms. The Kier molecular flexibility index (Phi) is 5.32. The first kappa shape index (κ1) is 12.5. The van der Waals surface area contributed by atoms with Gasteiger partial charge >= 0.3 is 0 Å². The number of aryl methyl sites for hydroxylation is 1. The Labute approximate surface area is 96.5 Å². The van der Waals surface area contributed by atoms with E-state index in [9.17, 15) is 4.79 Å². The molecule has 0 aromatic carbocycles. The zero-order valence-corrected chi connectivity index (χ0v) is 9.92. The number of carbonyl (C=O) groups is 1. The summed E-state index contributed by atoms with van der Waals surface area (Å²) in [7, 11) is 0. The molecule has 0 radical (unpaired) electrons. The fourth-order valence-corrected chi connectivity index (χ4v) is 1.34. The van der Waals surface area contributed by atoms with E-state index in [1.165, 1.54) is 0 Å². The molecule has 2 N–H and O–H groups in total. The molecule has 4 nitrogen and oxygen atoms in total. The highest BCUT2D eigenvalue weighted by Crippen LogP contribution is 2.10. The molecule has 0 aliphatic heterocycles. The Bertz CT molecular complexity index is 339. The second kappa shape index (κ2) is 6.82. The standard InChI is InChI=1S/C12H19N3O/c1-3-6-15-12(16)5-8-14-11-4-7-13-9-10(11)2/h4,7,9H,3,5-6,8H2,1-2H3,(H,13,14)(H,15,16). The van der Waals surface area contributed by atoms with Gasteiger partial charge in [-0.25, -0.2) is 0 Å². The number of anilines is 1. The summed E-state index contributed by atoms with van der Waals surface area (Å²) in [5, 5.41) is 6.06. The summed E-state index contributed by atoms with van der Waals surface area (Å²) in [5.74, 6) is 0.0982. The maximum Gasteiger partial charge on any atom is 0.221 e. The van der Waals surface area contributed by atoms with Crippen LogP contribution in [0.2, 0.25) is 0 Å². The molecule has 0 unspecified atom stereocenters. The lowest BCUT2D eigenvalue weighted by Gasteiger charge is -2.08. The number of carbonyl (C=O) groups excluding carboxylic acids is 1. The smallest absolute Gasteiger partial charge is 0.221 e. The molecule has 0 aliphatic carbocycles. The van der Waals surface area contributed by atoms with Gasteiger partial charge in [-0.15, -0.1) is 0 Å². The number of amides is 1. The third kappa shape index (κ3) is 4.29. The summed E-state index contributed by atoms with van der Waals surface area (Å²) in [6.07, 6.45) is 5.02. The minimum Gasteiger partial charge on any atom is -0.384 e. The van der Waals surface area contributed by atoms with Gasteiger partial charge in [0.1, 0.15) is 0 Å². The highest BCUT2D eigenvalue weighted by atomic mass is 16.1. The Hall–Kier alpha value is -1.58. The zero-order valence-electron chi connectivity index (χ0n) is 9.92. The van der Waals surface area contributed by atoms with Gasteiger partial charge in [-0.05, 0) is 25.0 Å². The molecule has 0 saturated carbocycles. The van der Waals surface area contributed by atoms with Gasteiger partial charge in [-0.3, -0.25) is 9.78 Å². The molecule has 0 saturated heterocycles. The minimum absolute atomic E-state index is 0.0982. The minimum atomic E-state index is 0.0982. The molecule has 4 heteroatoms. The predicted octanol–water partition coefficient (Wildman–Crippen LogP) is 1.72. The van der Waals surface area contributed by atoms with Crippen LogP contribution in [0.1, 0.15) is 25.3 Å². The molecular weight excluding hydrogens is 202 g/mol. The molecule has 1 heterocycles. The van der Waals surface area contributed by atoms with Crippen molar-refractivity contribution in [2.45, 2.75) is 26.7 Å². The van der Waals surface area contributed by atoms with Crippen molar-refractivity contribution in [3.05, 3.63) is 24.0 Å². The molecule has 1 amide bonds. The van der Waals surface area contributed by atoms with Crippen LogP contribution in [0.4, 0.5) is 5.69 Å². The van der Waals surface area contributed by atoms with Crippen molar-refractivity contribution in [3.8, 4) is 0 Å². The van der Waals surface area contributed by atoms with Crippen LogP contribution in [-0.4, -0.2) is 24.0 Å². The summed E-state index contributed by atoms with van der Waals surface area (Å²) in [4.78, 5) is 15.3. The number of rotatable bonds is 6. The van der Waals surface area contributed by atoms with E-state index in [2.05, 4.69) is 15.6 Å². The summed E-state index contributed by atoms with van der Waals surface area (Å²) >= 11 is 0. The van der Waals surface area contributed by atoms with Crippen molar-refractivity contribution in [1.82, 2.24) is 10.3 Å². The second-order valence-electron chi connectivity index (χ2n) is 3.72. The van der Waals surface area contributed by atoms with Crippen LogP contribution < -0.4 is 10.6 Å². The number of nitrogens with one attached hydrogen (secondary N) is 2. The fourth-order valence-electron chi connectivity index (χ4n) is 1.34. The first-order valence-corrected chi connectivity index (χ1v) is 5.65. The summed E-state index contributed by atoms with van der Waals surface area (Å²) in [6.45, 7) is 5.44. The van der Waals surface area contributed by atoms with Gasteiger partial charge in [0.2, 0.25) is 5.91 Å². The zero-order chi connectivity index (χ0) is 11.8. The molecule has 0 atom stereocenters. The Morgan fingerprint density at radius 3 is 2.94 bits per heavy atom. The van der Waals surface area contributed by atoms with Gasteiger partial charge in [-0.2, -0.15) is 0 Å². The number of pyridine rings is 1. The van der Waals surface area contributed by atoms with Gasteiger partial charge in [0.25, 0.3) is 0 Å².